The Bertz CT molecular complexity index is 575. The first-order valence-corrected chi connectivity index (χ1v) is 5.43. The van der Waals surface area contributed by atoms with Gasteiger partial charge in [0.2, 0.25) is 0 Å². The first-order chi connectivity index (χ1) is 8.29. The first kappa shape index (κ1) is 12.8. The van der Waals surface area contributed by atoms with Crippen LogP contribution >= 0.6 is 0 Å². The van der Waals surface area contributed by atoms with Gasteiger partial charge in [-0.2, -0.15) is 0 Å². The van der Waals surface area contributed by atoms with Crippen molar-refractivity contribution in [2.45, 2.75) is 5.92 Å². The molecule has 0 amide bonds. The van der Waals surface area contributed by atoms with Gasteiger partial charge in [-0.3, -0.25) is 9.59 Å². The van der Waals surface area contributed by atoms with Gasteiger partial charge in [-0.15, -0.1) is 0 Å². The third kappa shape index (κ3) is 1.82. The second-order valence-corrected chi connectivity index (χ2v) is 4.03. The van der Waals surface area contributed by atoms with Gasteiger partial charge in [0.15, 0.2) is 29.4 Å². The van der Waals surface area contributed by atoms with Crippen molar-refractivity contribution in [1.29, 1.82) is 0 Å². The monoisotopic (exact) mass is 231 g/mol. The van der Waals surface area contributed by atoms with Crippen molar-refractivity contribution in [1.82, 2.24) is 0 Å². The molecule has 0 saturated carbocycles. The van der Waals surface area contributed by atoms with Crippen LogP contribution in [-0.4, -0.2) is 11.6 Å². The van der Waals surface area contributed by atoms with Gasteiger partial charge < -0.3 is 0 Å². The maximum atomic E-state index is 12.2. The number of H-pyrrole nitrogens is 1. The Kier molecular flexibility index (Phi) is 3.47. The fraction of sp³-hybridized carbons (Fsp3) is 0.0714. The van der Waals surface area contributed by atoms with Crippen LogP contribution in [-0.2, 0) is 0 Å². The molecular weight excluding hydrogens is 221 g/mol. The molecule has 4 heteroatoms. The van der Waals surface area contributed by atoms with Crippen molar-refractivity contribution in [3.63, 3.8) is 0 Å². The Morgan fingerprint density at radius 3 is 1.89 bits per heavy atom. The van der Waals surface area contributed by atoms with Crippen LogP contribution in [0.2, 0.25) is 0 Å². The average molecular weight is 231 g/mol. The van der Waals surface area contributed by atoms with Crippen LogP contribution in [0.1, 0.15) is 32.3 Å². The van der Waals surface area contributed by atoms with E-state index in [1.165, 1.54) is 0 Å². The van der Waals surface area contributed by atoms with Gasteiger partial charge in [0, 0.05) is 23.3 Å². The molecular formula is C14H10LiNO2+2. The molecule has 0 unspecified atom stereocenters. The molecule has 0 aliphatic heterocycles. The Morgan fingerprint density at radius 2 is 1.39 bits per heavy atom. The molecule has 1 heterocycles. The summed E-state index contributed by atoms with van der Waals surface area (Å²) in [6, 6.07) is 12.4. The Labute approximate surface area is 116 Å². The second kappa shape index (κ2) is 4.89. The van der Waals surface area contributed by atoms with Gasteiger partial charge >= 0.3 is 18.9 Å². The van der Waals surface area contributed by atoms with Gasteiger partial charge in [0.25, 0.3) is 0 Å². The number of hydrogen-bond donors (Lipinski definition) is 0. The smallest absolute Gasteiger partial charge is 0.293 e. The Balaban J connectivity index is 0.00000120. The standard InChI is InChI=1S/C14H9NO2.Li/c16-13-9-5-1-2-6-10(9)14(17)12(13)11-7-3-4-8-15-11;/h1-8,12H;/q;+1/p+1. The summed E-state index contributed by atoms with van der Waals surface area (Å²) in [7, 11) is 0. The number of pyridine rings is 1. The van der Waals surface area contributed by atoms with Crippen LogP contribution in [0.15, 0.2) is 48.7 Å². The molecule has 3 nitrogen and oxygen atoms in total. The number of rotatable bonds is 1. The molecule has 2 aromatic rings. The Morgan fingerprint density at radius 1 is 0.833 bits per heavy atom. The van der Waals surface area contributed by atoms with Crippen molar-refractivity contribution < 1.29 is 33.4 Å². The number of aromatic nitrogens is 1. The van der Waals surface area contributed by atoms with Gasteiger partial charge in [-0.05, 0) is 0 Å². The van der Waals surface area contributed by atoms with Gasteiger partial charge in [-0.25, -0.2) is 4.98 Å². The topological polar surface area (TPSA) is 48.3 Å². The summed E-state index contributed by atoms with van der Waals surface area (Å²) in [5, 5.41) is 0. The van der Waals surface area contributed by atoms with Gasteiger partial charge in [-0.1, -0.05) is 30.3 Å². The van der Waals surface area contributed by atoms with Crippen LogP contribution < -0.4 is 23.8 Å². The maximum absolute atomic E-state index is 12.2. The van der Waals surface area contributed by atoms with E-state index in [-0.39, 0.29) is 30.4 Å². The third-order valence-electron chi connectivity index (χ3n) is 3.03. The Hall–Kier alpha value is -1.69. The van der Waals surface area contributed by atoms with Crippen LogP contribution in [0.25, 0.3) is 0 Å². The van der Waals surface area contributed by atoms with E-state index in [2.05, 4.69) is 4.98 Å². The molecule has 0 saturated heterocycles. The van der Waals surface area contributed by atoms with Crippen molar-refractivity contribution in [3.05, 3.63) is 65.5 Å². The molecule has 1 aromatic carbocycles. The fourth-order valence-corrected chi connectivity index (χ4v) is 2.21. The normalized spacial score (nSPS) is 14.2. The molecule has 0 atom stereocenters. The van der Waals surface area contributed by atoms with Crippen molar-refractivity contribution >= 4 is 11.6 Å². The fourth-order valence-electron chi connectivity index (χ4n) is 2.21. The number of carbonyl (C=O) groups is 2. The van der Waals surface area contributed by atoms with Crippen LogP contribution in [0.3, 0.4) is 0 Å². The molecule has 1 aliphatic rings. The minimum absolute atomic E-state index is 0. The van der Waals surface area contributed by atoms with Crippen molar-refractivity contribution in [3.8, 4) is 0 Å². The summed E-state index contributed by atoms with van der Waals surface area (Å²) in [5.41, 5.74) is 1.71. The van der Waals surface area contributed by atoms with E-state index in [0.717, 1.165) is 0 Å². The minimum Gasteiger partial charge on any atom is -0.293 e. The number of ketones is 2. The molecule has 0 spiro atoms. The predicted octanol–water partition coefficient (Wildman–Crippen LogP) is -1.33. The van der Waals surface area contributed by atoms with E-state index in [1.807, 2.05) is 12.1 Å². The number of benzene rings is 1. The van der Waals surface area contributed by atoms with Crippen molar-refractivity contribution in [2.24, 2.45) is 0 Å². The van der Waals surface area contributed by atoms with E-state index >= 15 is 0 Å². The van der Waals surface area contributed by atoms with E-state index in [0.29, 0.717) is 16.8 Å². The number of carbonyl (C=O) groups excluding carboxylic acids is 2. The largest absolute Gasteiger partial charge is 1.00 e. The summed E-state index contributed by atoms with van der Waals surface area (Å²) in [6.07, 6.45) is 1.72. The molecule has 0 bridgehead atoms. The van der Waals surface area contributed by atoms with Crippen molar-refractivity contribution in [2.75, 3.05) is 0 Å². The molecule has 0 radical (unpaired) electrons. The van der Waals surface area contributed by atoms with E-state index < -0.39 is 5.92 Å². The van der Waals surface area contributed by atoms with Gasteiger partial charge in [0.1, 0.15) is 0 Å². The SMILES string of the molecule is O=C1c2ccccc2C(=O)C1c1cccc[nH+]1.[Li+]. The van der Waals surface area contributed by atoms with Crippen LogP contribution in [0.4, 0.5) is 0 Å². The summed E-state index contributed by atoms with van der Waals surface area (Å²) < 4.78 is 0. The first-order valence-electron chi connectivity index (χ1n) is 5.43. The maximum Gasteiger partial charge on any atom is 1.00 e. The zero-order valence-electron chi connectivity index (χ0n) is 10.0. The number of fused-ring (bicyclic) bond motifs is 1. The summed E-state index contributed by atoms with van der Waals surface area (Å²) >= 11 is 0. The predicted molar refractivity (Wildman–Crippen MR) is 60.8 cm³/mol. The quantitative estimate of drug-likeness (QED) is 0.451. The zero-order valence-corrected chi connectivity index (χ0v) is 10.0. The summed E-state index contributed by atoms with van der Waals surface area (Å²) in [4.78, 5) is 27.3. The molecule has 18 heavy (non-hydrogen) atoms. The van der Waals surface area contributed by atoms with Crippen LogP contribution in [0.5, 0.6) is 0 Å². The van der Waals surface area contributed by atoms with Crippen LogP contribution in [0, 0.1) is 0 Å². The van der Waals surface area contributed by atoms with E-state index in [4.69, 9.17) is 0 Å². The molecule has 82 valence electrons. The summed E-state index contributed by atoms with van der Waals surface area (Å²) in [6.45, 7) is 0. The third-order valence-corrected chi connectivity index (χ3v) is 3.03. The number of hydrogen-bond acceptors (Lipinski definition) is 2. The molecule has 0 fully saturated rings. The number of nitrogens with one attached hydrogen (secondary N) is 1. The zero-order chi connectivity index (χ0) is 11.8. The molecule has 1 aliphatic carbocycles. The minimum atomic E-state index is -0.700. The van der Waals surface area contributed by atoms with E-state index in [9.17, 15) is 9.59 Å². The number of Topliss-reactive ketones (excluding diaryl/α,β-unsaturated/α-hetero) is 2. The number of aromatic amines is 1. The molecule has 1 N–H and O–H groups in total. The molecule has 1 aromatic heterocycles. The second-order valence-electron chi connectivity index (χ2n) is 4.03. The van der Waals surface area contributed by atoms with E-state index in [1.54, 1.807) is 36.5 Å². The summed E-state index contributed by atoms with van der Waals surface area (Å²) in [5.74, 6) is -0.935. The molecule has 3 rings (SSSR count). The van der Waals surface area contributed by atoms with Gasteiger partial charge in [0.05, 0.1) is 0 Å². The average Bonchev–Trinajstić information content (AvgIpc) is 2.64.